The Hall–Kier alpha value is -2.43. The Balaban J connectivity index is 2.11. The minimum absolute atomic E-state index is 0.220. The summed E-state index contributed by atoms with van der Waals surface area (Å²) in [7, 11) is 0. The second-order valence-electron chi connectivity index (χ2n) is 4.66. The maximum atomic E-state index is 13.6. The zero-order valence-electron chi connectivity index (χ0n) is 11.4. The van der Waals surface area contributed by atoms with Gasteiger partial charge in [-0.1, -0.05) is 0 Å². The van der Waals surface area contributed by atoms with Crippen molar-refractivity contribution in [2.45, 2.75) is 20.4 Å². The summed E-state index contributed by atoms with van der Waals surface area (Å²) in [6.07, 6.45) is 3.39. The van der Waals surface area contributed by atoms with Crippen LogP contribution in [0.3, 0.4) is 0 Å². The van der Waals surface area contributed by atoms with E-state index in [1.54, 1.807) is 19.3 Å². The Morgan fingerprint density at radius 1 is 1.40 bits per heavy atom. The minimum atomic E-state index is -0.477. The van der Waals surface area contributed by atoms with Crippen LogP contribution in [-0.2, 0) is 6.54 Å². The number of anilines is 1. The number of nitrogens with two attached hydrogens (primary N) is 1. The number of hydrogen-bond donors (Lipinski definition) is 2. The van der Waals surface area contributed by atoms with Crippen LogP contribution in [0.1, 0.15) is 27.0 Å². The highest BCUT2D eigenvalue weighted by atomic mass is 19.1. The van der Waals surface area contributed by atoms with Crippen LogP contribution in [0.5, 0.6) is 0 Å². The van der Waals surface area contributed by atoms with Crippen LogP contribution in [0, 0.1) is 19.7 Å². The van der Waals surface area contributed by atoms with Crippen molar-refractivity contribution in [1.82, 2.24) is 10.3 Å². The number of hydrogen-bond acceptors (Lipinski definition) is 3. The third kappa shape index (κ3) is 2.93. The highest BCUT2D eigenvalue weighted by molar-refractivity contribution is 5.95. The van der Waals surface area contributed by atoms with Crippen LogP contribution in [0.25, 0.3) is 0 Å². The molecule has 0 unspecified atom stereocenters. The Morgan fingerprint density at radius 3 is 2.80 bits per heavy atom. The van der Waals surface area contributed by atoms with Crippen molar-refractivity contribution >= 4 is 11.6 Å². The molecule has 0 radical (unpaired) electrons. The zero-order valence-corrected chi connectivity index (χ0v) is 11.4. The highest BCUT2D eigenvalue weighted by Gasteiger charge is 2.11. The standard InChI is InChI=1S/C15H16FN3O/c1-9-7-18-4-3-11(9)8-19-15(20)12-5-13(16)10(2)14(17)6-12/h3-7H,8,17H2,1-2H3,(H,19,20). The van der Waals surface area contributed by atoms with Crippen molar-refractivity contribution in [3.05, 3.63) is 58.7 Å². The lowest BCUT2D eigenvalue weighted by Gasteiger charge is -2.09. The van der Waals surface area contributed by atoms with Crippen molar-refractivity contribution in [1.29, 1.82) is 0 Å². The van der Waals surface area contributed by atoms with E-state index in [9.17, 15) is 9.18 Å². The first-order valence-electron chi connectivity index (χ1n) is 6.22. The number of aryl methyl sites for hydroxylation is 1. The van der Waals surface area contributed by atoms with E-state index < -0.39 is 5.82 Å². The largest absolute Gasteiger partial charge is 0.398 e. The zero-order chi connectivity index (χ0) is 14.7. The molecule has 5 heteroatoms. The van der Waals surface area contributed by atoms with Crippen molar-refractivity contribution in [3.63, 3.8) is 0 Å². The number of amides is 1. The van der Waals surface area contributed by atoms with E-state index in [2.05, 4.69) is 10.3 Å². The lowest BCUT2D eigenvalue weighted by atomic mass is 10.1. The first-order chi connectivity index (χ1) is 9.49. The van der Waals surface area contributed by atoms with E-state index in [-0.39, 0.29) is 17.2 Å². The van der Waals surface area contributed by atoms with Gasteiger partial charge in [0.1, 0.15) is 5.82 Å². The van der Waals surface area contributed by atoms with Crippen molar-refractivity contribution in [2.75, 3.05) is 5.73 Å². The maximum absolute atomic E-state index is 13.6. The monoisotopic (exact) mass is 273 g/mol. The predicted octanol–water partition coefficient (Wildman–Crippen LogP) is 2.35. The van der Waals surface area contributed by atoms with E-state index in [0.29, 0.717) is 12.1 Å². The third-order valence-electron chi connectivity index (χ3n) is 3.22. The summed E-state index contributed by atoms with van der Waals surface area (Å²) in [5.74, 6) is -0.831. The molecule has 1 aromatic heterocycles. The molecule has 3 N–H and O–H groups in total. The minimum Gasteiger partial charge on any atom is -0.398 e. The number of halogens is 1. The molecule has 2 aromatic rings. The molecule has 0 atom stereocenters. The van der Waals surface area contributed by atoms with Gasteiger partial charge in [-0.2, -0.15) is 0 Å². The molecule has 2 rings (SSSR count). The number of carbonyl (C=O) groups excluding carboxylic acids is 1. The van der Waals surface area contributed by atoms with E-state index in [4.69, 9.17) is 5.73 Å². The maximum Gasteiger partial charge on any atom is 0.251 e. The number of rotatable bonds is 3. The number of benzene rings is 1. The summed E-state index contributed by atoms with van der Waals surface area (Å²) < 4.78 is 13.6. The Labute approximate surface area is 116 Å². The van der Waals surface area contributed by atoms with E-state index in [1.807, 2.05) is 13.0 Å². The van der Waals surface area contributed by atoms with E-state index in [1.165, 1.54) is 12.1 Å². The Morgan fingerprint density at radius 2 is 2.15 bits per heavy atom. The van der Waals surface area contributed by atoms with E-state index >= 15 is 0 Å². The third-order valence-corrected chi connectivity index (χ3v) is 3.22. The van der Waals surface area contributed by atoms with Crippen LogP contribution in [0.4, 0.5) is 10.1 Å². The summed E-state index contributed by atoms with van der Waals surface area (Å²) in [5, 5.41) is 2.74. The van der Waals surface area contributed by atoms with Gasteiger partial charge in [-0.3, -0.25) is 9.78 Å². The van der Waals surface area contributed by atoms with Gasteiger partial charge in [0.2, 0.25) is 0 Å². The normalized spacial score (nSPS) is 10.3. The van der Waals surface area contributed by atoms with Crippen LogP contribution in [0.15, 0.2) is 30.6 Å². The molecule has 1 heterocycles. The van der Waals surface area contributed by atoms with Gasteiger partial charge >= 0.3 is 0 Å². The number of carbonyl (C=O) groups is 1. The van der Waals surface area contributed by atoms with Gasteiger partial charge in [-0.15, -0.1) is 0 Å². The average molecular weight is 273 g/mol. The van der Waals surface area contributed by atoms with Crippen LogP contribution >= 0.6 is 0 Å². The number of nitrogens with one attached hydrogen (secondary N) is 1. The van der Waals surface area contributed by atoms with Crippen molar-refractivity contribution in [3.8, 4) is 0 Å². The van der Waals surface area contributed by atoms with Crippen molar-refractivity contribution in [2.24, 2.45) is 0 Å². The van der Waals surface area contributed by atoms with Crippen LogP contribution in [0.2, 0.25) is 0 Å². The smallest absolute Gasteiger partial charge is 0.251 e. The molecule has 0 spiro atoms. The second-order valence-corrected chi connectivity index (χ2v) is 4.66. The number of nitrogens with zero attached hydrogens (tertiary/aromatic N) is 1. The molecule has 0 saturated heterocycles. The SMILES string of the molecule is Cc1cnccc1CNC(=O)c1cc(N)c(C)c(F)c1. The molecule has 0 aliphatic rings. The lowest BCUT2D eigenvalue weighted by molar-refractivity contribution is 0.0950. The van der Waals surface area contributed by atoms with Gasteiger partial charge in [0.05, 0.1) is 0 Å². The Bertz CT molecular complexity index is 632. The summed E-state index contributed by atoms with van der Waals surface area (Å²) in [6.45, 7) is 3.85. The number of aromatic nitrogens is 1. The summed E-state index contributed by atoms with van der Waals surface area (Å²) >= 11 is 0. The molecule has 0 aliphatic carbocycles. The van der Waals surface area contributed by atoms with Crippen LogP contribution in [-0.4, -0.2) is 10.9 Å². The summed E-state index contributed by atoms with van der Waals surface area (Å²) in [6, 6.07) is 4.51. The van der Waals surface area contributed by atoms with E-state index in [0.717, 1.165) is 11.1 Å². The van der Waals surface area contributed by atoms with Gasteiger partial charge in [0, 0.05) is 35.8 Å². The summed E-state index contributed by atoms with van der Waals surface area (Å²) in [4.78, 5) is 16.0. The quantitative estimate of drug-likeness (QED) is 0.843. The van der Waals surface area contributed by atoms with Gasteiger partial charge < -0.3 is 11.1 Å². The fourth-order valence-electron chi connectivity index (χ4n) is 1.81. The first-order valence-corrected chi connectivity index (χ1v) is 6.22. The second kappa shape index (κ2) is 5.69. The molecule has 0 saturated carbocycles. The molecule has 0 bridgehead atoms. The van der Waals surface area contributed by atoms with Gasteiger partial charge in [-0.05, 0) is 43.2 Å². The number of nitrogen functional groups attached to an aromatic ring is 1. The average Bonchev–Trinajstić information content (AvgIpc) is 2.43. The highest BCUT2D eigenvalue weighted by Crippen LogP contribution is 2.17. The van der Waals surface area contributed by atoms with Crippen LogP contribution < -0.4 is 11.1 Å². The lowest BCUT2D eigenvalue weighted by Crippen LogP contribution is -2.23. The molecule has 0 aliphatic heterocycles. The summed E-state index contributed by atoms with van der Waals surface area (Å²) in [5.41, 5.74) is 8.46. The van der Waals surface area contributed by atoms with Gasteiger partial charge in [0.25, 0.3) is 5.91 Å². The fourth-order valence-corrected chi connectivity index (χ4v) is 1.81. The van der Waals surface area contributed by atoms with Crippen molar-refractivity contribution < 1.29 is 9.18 Å². The number of pyridine rings is 1. The topological polar surface area (TPSA) is 68.0 Å². The first kappa shape index (κ1) is 14.0. The molecule has 1 aromatic carbocycles. The molecule has 4 nitrogen and oxygen atoms in total. The molecule has 104 valence electrons. The van der Waals surface area contributed by atoms with Gasteiger partial charge in [0.15, 0.2) is 0 Å². The fraction of sp³-hybridized carbons (Fsp3) is 0.200. The molecular formula is C15H16FN3O. The molecular weight excluding hydrogens is 257 g/mol. The molecule has 1 amide bonds. The molecule has 0 fully saturated rings. The Kier molecular flexibility index (Phi) is 3.98. The predicted molar refractivity (Wildman–Crippen MR) is 75.7 cm³/mol. The van der Waals surface area contributed by atoms with Gasteiger partial charge in [-0.25, -0.2) is 4.39 Å². The molecule has 20 heavy (non-hydrogen) atoms.